The first-order valence-electron chi connectivity index (χ1n) is 8.75. The van der Waals surface area contributed by atoms with Crippen LogP contribution in [0.25, 0.3) is 11.1 Å². The first-order valence-corrected chi connectivity index (χ1v) is 8.75. The second-order valence-electron chi connectivity index (χ2n) is 6.36. The molecule has 1 N–H and O–H groups in total. The standard InChI is InChI=1S/C22H14F5NO2/c1-2-12-3-5-13(6-4-12)19-18(29)10-17(24)20(21(19)25)22(26,27)30-15-8-7-14(11-28)16(23)9-15/h3-10,29H,2H2,1H3. The lowest BCUT2D eigenvalue weighted by Crippen LogP contribution is -2.25. The Morgan fingerprint density at radius 1 is 1.00 bits per heavy atom. The third-order valence-electron chi connectivity index (χ3n) is 4.45. The zero-order chi connectivity index (χ0) is 22.1. The molecule has 0 unspecified atom stereocenters. The smallest absolute Gasteiger partial charge is 0.432 e. The van der Waals surface area contributed by atoms with Crippen LogP contribution < -0.4 is 4.74 Å². The first-order chi connectivity index (χ1) is 14.2. The number of alkyl halides is 2. The SMILES string of the molecule is CCc1ccc(-c2c(O)cc(F)c(C(F)(F)Oc3ccc(C#N)c(F)c3)c2F)cc1. The zero-order valence-corrected chi connectivity index (χ0v) is 15.5. The van der Waals surface area contributed by atoms with E-state index in [0.29, 0.717) is 18.6 Å². The summed E-state index contributed by atoms with van der Waals surface area (Å²) < 4.78 is 76.5. The summed E-state index contributed by atoms with van der Waals surface area (Å²) in [5, 5.41) is 18.7. The molecular formula is C22H14F5NO2. The van der Waals surface area contributed by atoms with Gasteiger partial charge in [0.15, 0.2) is 5.82 Å². The number of hydrogen-bond donors (Lipinski definition) is 1. The van der Waals surface area contributed by atoms with E-state index in [9.17, 15) is 27.1 Å². The summed E-state index contributed by atoms with van der Waals surface area (Å²) in [5.74, 6) is -6.18. The van der Waals surface area contributed by atoms with Crippen LogP contribution in [-0.4, -0.2) is 5.11 Å². The van der Waals surface area contributed by atoms with Crippen LogP contribution in [0.4, 0.5) is 22.0 Å². The number of phenolic OH excluding ortho intramolecular Hbond substituents is 1. The van der Waals surface area contributed by atoms with E-state index in [0.717, 1.165) is 17.7 Å². The van der Waals surface area contributed by atoms with E-state index in [1.807, 2.05) is 6.92 Å². The summed E-state index contributed by atoms with van der Waals surface area (Å²) in [5.41, 5.74) is -1.82. The van der Waals surface area contributed by atoms with E-state index in [4.69, 9.17) is 5.26 Å². The van der Waals surface area contributed by atoms with Gasteiger partial charge in [-0.05, 0) is 29.7 Å². The number of ether oxygens (including phenoxy) is 1. The fourth-order valence-electron chi connectivity index (χ4n) is 2.90. The van der Waals surface area contributed by atoms with Gasteiger partial charge in [0.1, 0.15) is 34.8 Å². The molecule has 30 heavy (non-hydrogen) atoms. The number of aromatic hydroxyl groups is 1. The monoisotopic (exact) mass is 419 g/mol. The Kier molecular flexibility index (Phi) is 5.65. The number of hydrogen-bond acceptors (Lipinski definition) is 3. The zero-order valence-electron chi connectivity index (χ0n) is 15.5. The van der Waals surface area contributed by atoms with Crippen molar-refractivity contribution in [3.05, 3.63) is 82.7 Å². The second kappa shape index (κ2) is 8.03. The van der Waals surface area contributed by atoms with Gasteiger partial charge in [0.25, 0.3) is 0 Å². The Morgan fingerprint density at radius 2 is 1.67 bits per heavy atom. The molecule has 0 aliphatic heterocycles. The minimum Gasteiger partial charge on any atom is -0.507 e. The van der Waals surface area contributed by atoms with Gasteiger partial charge in [0.2, 0.25) is 0 Å². The molecule has 3 aromatic carbocycles. The summed E-state index contributed by atoms with van der Waals surface area (Å²) in [4.78, 5) is 0. The Morgan fingerprint density at radius 3 is 2.23 bits per heavy atom. The van der Waals surface area contributed by atoms with Crippen LogP contribution >= 0.6 is 0 Å². The van der Waals surface area contributed by atoms with Crippen LogP contribution in [0.15, 0.2) is 48.5 Å². The summed E-state index contributed by atoms with van der Waals surface area (Å²) >= 11 is 0. The molecule has 0 saturated heterocycles. The maximum absolute atomic E-state index is 15.0. The Labute approximate surface area is 168 Å². The van der Waals surface area contributed by atoms with E-state index in [1.165, 1.54) is 18.2 Å². The molecule has 0 aliphatic rings. The van der Waals surface area contributed by atoms with Crippen LogP contribution in [0.3, 0.4) is 0 Å². The predicted octanol–water partition coefficient (Wildman–Crippen LogP) is 6.04. The molecule has 0 aromatic heterocycles. The van der Waals surface area contributed by atoms with E-state index >= 15 is 0 Å². The fourth-order valence-corrected chi connectivity index (χ4v) is 2.90. The van der Waals surface area contributed by atoms with Crippen molar-refractivity contribution in [3.8, 4) is 28.7 Å². The van der Waals surface area contributed by atoms with Crippen LogP contribution in [0, 0.1) is 28.8 Å². The molecule has 0 radical (unpaired) electrons. The quantitative estimate of drug-likeness (QED) is 0.513. The van der Waals surface area contributed by atoms with Gasteiger partial charge < -0.3 is 9.84 Å². The lowest BCUT2D eigenvalue weighted by molar-refractivity contribution is -0.189. The molecule has 0 fully saturated rings. The first kappa shape index (κ1) is 21.1. The molecule has 0 heterocycles. The van der Waals surface area contributed by atoms with Crippen molar-refractivity contribution in [2.45, 2.75) is 19.5 Å². The van der Waals surface area contributed by atoms with Gasteiger partial charge in [-0.1, -0.05) is 31.2 Å². The molecule has 3 aromatic rings. The number of rotatable bonds is 5. The van der Waals surface area contributed by atoms with Gasteiger partial charge in [-0.3, -0.25) is 0 Å². The van der Waals surface area contributed by atoms with Crippen molar-refractivity contribution in [1.82, 2.24) is 0 Å². The number of benzene rings is 3. The highest BCUT2D eigenvalue weighted by Crippen LogP contribution is 2.42. The highest BCUT2D eigenvalue weighted by Gasteiger charge is 2.43. The number of aryl methyl sites for hydroxylation is 1. The minimum absolute atomic E-state index is 0.0590. The van der Waals surface area contributed by atoms with Crippen molar-refractivity contribution in [1.29, 1.82) is 5.26 Å². The molecule has 0 saturated carbocycles. The maximum atomic E-state index is 15.0. The van der Waals surface area contributed by atoms with Gasteiger partial charge >= 0.3 is 6.11 Å². The predicted molar refractivity (Wildman–Crippen MR) is 98.5 cm³/mol. The van der Waals surface area contributed by atoms with Gasteiger partial charge in [-0.25, -0.2) is 13.2 Å². The number of nitriles is 1. The van der Waals surface area contributed by atoms with Crippen molar-refractivity contribution < 1.29 is 31.8 Å². The van der Waals surface area contributed by atoms with Crippen molar-refractivity contribution >= 4 is 0 Å². The molecule has 0 bridgehead atoms. The van der Waals surface area contributed by atoms with Crippen LogP contribution in [-0.2, 0) is 12.5 Å². The van der Waals surface area contributed by atoms with Gasteiger partial charge in [0, 0.05) is 12.1 Å². The van der Waals surface area contributed by atoms with Gasteiger partial charge in [0.05, 0.1) is 11.1 Å². The lowest BCUT2D eigenvalue weighted by Gasteiger charge is -2.21. The fraction of sp³-hybridized carbons (Fsp3) is 0.136. The number of phenols is 1. The average molecular weight is 419 g/mol. The molecule has 0 spiro atoms. The number of nitrogens with zero attached hydrogens (tertiary/aromatic N) is 1. The van der Waals surface area contributed by atoms with Crippen LogP contribution in [0.5, 0.6) is 11.5 Å². The Balaban J connectivity index is 2.08. The molecule has 3 nitrogen and oxygen atoms in total. The third-order valence-corrected chi connectivity index (χ3v) is 4.45. The van der Waals surface area contributed by atoms with E-state index in [2.05, 4.69) is 4.74 Å². The molecule has 0 amide bonds. The molecule has 8 heteroatoms. The van der Waals surface area contributed by atoms with E-state index in [1.54, 1.807) is 12.1 Å². The molecule has 0 aliphatic carbocycles. The largest absolute Gasteiger partial charge is 0.507 e. The van der Waals surface area contributed by atoms with Gasteiger partial charge in [-0.15, -0.1) is 0 Å². The maximum Gasteiger partial charge on any atom is 0.432 e. The number of halogens is 5. The highest BCUT2D eigenvalue weighted by molar-refractivity contribution is 5.72. The molecule has 3 rings (SSSR count). The molecule has 154 valence electrons. The Hall–Kier alpha value is -3.60. The summed E-state index contributed by atoms with van der Waals surface area (Å²) in [6.45, 7) is 1.88. The topological polar surface area (TPSA) is 53.2 Å². The summed E-state index contributed by atoms with van der Waals surface area (Å²) in [6, 6.07) is 10.2. The highest BCUT2D eigenvalue weighted by atomic mass is 19.3. The third kappa shape index (κ3) is 3.92. The average Bonchev–Trinajstić information content (AvgIpc) is 2.67. The minimum atomic E-state index is -4.54. The van der Waals surface area contributed by atoms with Crippen LogP contribution in [0.2, 0.25) is 0 Å². The van der Waals surface area contributed by atoms with Crippen LogP contribution in [0.1, 0.15) is 23.6 Å². The van der Waals surface area contributed by atoms with Gasteiger partial charge in [-0.2, -0.15) is 14.0 Å². The Bertz CT molecular complexity index is 1140. The van der Waals surface area contributed by atoms with Crippen molar-refractivity contribution in [2.24, 2.45) is 0 Å². The lowest BCUT2D eigenvalue weighted by atomic mass is 9.98. The van der Waals surface area contributed by atoms with E-state index < -0.39 is 51.7 Å². The second-order valence-corrected chi connectivity index (χ2v) is 6.36. The molecular weight excluding hydrogens is 405 g/mol. The summed E-state index contributed by atoms with van der Waals surface area (Å²) in [7, 11) is 0. The van der Waals surface area contributed by atoms with Crippen molar-refractivity contribution in [3.63, 3.8) is 0 Å². The van der Waals surface area contributed by atoms with E-state index in [-0.39, 0.29) is 5.56 Å². The van der Waals surface area contributed by atoms with Crippen molar-refractivity contribution in [2.75, 3.05) is 0 Å². The molecule has 0 atom stereocenters. The summed E-state index contributed by atoms with van der Waals surface area (Å²) in [6.07, 6.45) is -3.86. The normalized spacial score (nSPS) is 11.2.